The van der Waals surface area contributed by atoms with Gasteiger partial charge in [0.25, 0.3) is 5.91 Å². The zero-order valence-corrected chi connectivity index (χ0v) is 18.1. The zero-order chi connectivity index (χ0) is 20.7. The van der Waals surface area contributed by atoms with E-state index in [1.807, 2.05) is 13.0 Å². The van der Waals surface area contributed by atoms with Crippen molar-refractivity contribution in [3.8, 4) is 5.75 Å². The van der Waals surface area contributed by atoms with E-state index in [0.29, 0.717) is 15.9 Å². The number of halogens is 3. The van der Waals surface area contributed by atoms with Crippen molar-refractivity contribution in [2.75, 3.05) is 11.9 Å². The molecule has 148 valence electrons. The highest BCUT2D eigenvalue weighted by Gasteiger charge is 2.09. The van der Waals surface area contributed by atoms with Crippen LogP contribution in [0.4, 0.5) is 10.1 Å². The molecule has 9 heteroatoms. The number of hydrogen-bond acceptors (Lipinski definition) is 4. The Balaban J connectivity index is 1.73. The number of aryl methyl sites for hydroxylation is 1. The highest BCUT2D eigenvalue weighted by molar-refractivity contribution is 9.11. The second kappa shape index (κ2) is 10.2. The fraction of sp³-hybridized carbons (Fsp3) is 0.158. The number of carbonyl (C=O) groups excluding carboxylic acids is 2. The van der Waals surface area contributed by atoms with Crippen molar-refractivity contribution in [3.63, 3.8) is 0 Å². The Kier molecular flexibility index (Phi) is 8.01. The molecule has 0 spiro atoms. The van der Waals surface area contributed by atoms with Crippen LogP contribution in [-0.2, 0) is 9.59 Å². The third-order valence-electron chi connectivity index (χ3n) is 3.45. The van der Waals surface area contributed by atoms with Crippen molar-refractivity contribution < 1.29 is 18.7 Å². The van der Waals surface area contributed by atoms with E-state index in [0.717, 1.165) is 10.0 Å². The third-order valence-corrected chi connectivity index (χ3v) is 4.93. The van der Waals surface area contributed by atoms with Crippen LogP contribution in [0.15, 0.2) is 57.6 Å². The lowest BCUT2D eigenvalue weighted by atomic mass is 10.2. The standard InChI is InChI=1S/C19H18Br2FN3O3/c1-11-7-17(16(21)9-15(11)20)28-10-19(27)25-24-12(2)8-18(26)23-14-5-3-13(22)4-6-14/h3-7,9,24H,2,8,10H2,1H3,(H,23,26)(H,25,27). The van der Waals surface area contributed by atoms with Crippen LogP contribution in [0.5, 0.6) is 5.75 Å². The molecule has 0 saturated carbocycles. The summed E-state index contributed by atoms with van der Waals surface area (Å²) >= 11 is 6.78. The highest BCUT2D eigenvalue weighted by atomic mass is 79.9. The summed E-state index contributed by atoms with van der Waals surface area (Å²) in [5.41, 5.74) is 6.69. The van der Waals surface area contributed by atoms with E-state index in [4.69, 9.17) is 4.74 Å². The molecule has 0 aliphatic rings. The molecule has 0 saturated heterocycles. The van der Waals surface area contributed by atoms with Gasteiger partial charge >= 0.3 is 0 Å². The maximum absolute atomic E-state index is 12.8. The summed E-state index contributed by atoms with van der Waals surface area (Å²) in [7, 11) is 0. The van der Waals surface area contributed by atoms with Gasteiger partial charge in [0, 0.05) is 15.9 Å². The number of nitrogens with one attached hydrogen (secondary N) is 3. The Hall–Kier alpha value is -2.39. The molecule has 3 N–H and O–H groups in total. The minimum atomic E-state index is -0.437. The number of rotatable bonds is 8. The Morgan fingerprint density at radius 3 is 2.43 bits per heavy atom. The van der Waals surface area contributed by atoms with E-state index >= 15 is 0 Å². The van der Waals surface area contributed by atoms with Gasteiger partial charge in [0.1, 0.15) is 11.6 Å². The van der Waals surface area contributed by atoms with E-state index in [9.17, 15) is 14.0 Å². The van der Waals surface area contributed by atoms with Gasteiger partial charge in [-0.3, -0.25) is 15.0 Å². The Morgan fingerprint density at radius 1 is 1.07 bits per heavy atom. The Labute approximate surface area is 178 Å². The Morgan fingerprint density at radius 2 is 1.75 bits per heavy atom. The number of hydrazine groups is 1. The predicted molar refractivity (Wildman–Crippen MR) is 112 cm³/mol. The molecule has 0 radical (unpaired) electrons. The van der Waals surface area contributed by atoms with Crippen LogP contribution in [0.3, 0.4) is 0 Å². The van der Waals surface area contributed by atoms with E-state index in [1.54, 1.807) is 6.07 Å². The van der Waals surface area contributed by atoms with Crippen LogP contribution in [0.25, 0.3) is 0 Å². The van der Waals surface area contributed by atoms with Crippen molar-refractivity contribution in [2.24, 2.45) is 0 Å². The number of carbonyl (C=O) groups is 2. The molecule has 0 fully saturated rings. The molecular weight excluding hydrogens is 497 g/mol. The van der Waals surface area contributed by atoms with E-state index in [1.165, 1.54) is 24.3 Å². The van der Waals surface area contributed by atoms with Gasteiger partial charge in [-0.25, -0.2) is 4.39 Å². The third kappa shape index (κ3) is 6.97. The molecule has 0 unspecified atom stereocenters. The summed E-state index contributed by atoms with van der Waals surface area (Å²) in [6.07, 6.45) is -0.0734. The normalized spacial score (nSPS) is 10.1. The van der Waals surface area contributed by atoms with E-state index in [2.05, 4.69) is 54.6 Å². The lowest BCUT2D eigenvalue weighted by Gasteiger charge is -2.13. The first-order chi connectivity index (χ1) is 13.2. The first kappa shape index (κ1) is 21.9. The van der Waals surface area contributed by atoms with Gasteiger partial charge in [-0.15, -0.1) is 0 Å². The molecule has 6 nitrogen and oxygen atoms in total. The lowest BCUT2D eigenvalue weighted by molar-refractivity contribution is -0.124. The van der Waals surface area contributed by atoms with Crippen LogP contribution in [0.2, 0.25) is 0 Å². The molecule has 2 amide bonds. The molecule has 28 heavy (non-hydrogen) atoms. The Bertz CT molecular complexity index is 889. The number of hydrogen-bond donors (Lipinski definition) is 3. The number of anilines is 1. The summed E-state index contributed by atoms with van der Waals surface area (Å²) in [6.45, 7) is 5.36. The molecule has 2 rings (SSSR count). The topological polar surface area (TPSA) is 79.5 Å². The molecule has 0 aromatic heterocycles. The van der Waals surface area contributed by atoms with Crippen molar-refractivity contribution in [1.29, 1.82) is 0 Å². The van der Waals surface area contributed by atoms with Gasteiger partial charge in [-0.2, -0.15) is 0 Å². The second-order valence-electron chi connectivity index (χ2n) is 5.83. The summed E-state index contributed by atoms with van der Waals surface area (Å²) in [5.74, 6) is -0.649. The molecule has 2 aromatic carbocycles. The van der Waals surface area contributed by atoms with Crippen molar-refractivity contribution >= 4 is 49.4 Å². The molecule has 0 bridgehead atoms. The SMILES string of the molecule is C=C(CC(=O)Nc1ccc(F)cc1)NNC(=O)COc1cc(C)c(Br)cc1Br. The minimum absolute atomic E-state index is 0.0734. The molecule has 0 atom stereocenters. The monoisotopic (exact) mass is 513 g/mol. The summed E-state index contributed by atoms with van der Waals surface area (Å²) in [5, 5.41) is 2.60. The first-order valence-electron chi connectivity index (χ1n) is 8.11. The van der Waals surface area contributed by atoms with Gasteiger partial charge in [-0.1, -0.05) is 22.5 Å². The number of benzene rings is 2. The van der Waals surface area contributed by atoms with Crippen molar-refractivity contribution in [2.45, 2.75) is 13.3 Å². The van der Waals surface area contributed by atoms with E-state index in [-0.39, 0.29) is 30.4 Å². The minimum Gasteiger partial charge on any atom is -0.483 e. The molecular formula is C19H18Br2FN3O3. The smallest absolute Gasteiger partial charge is 0.276 e. The summed E-state index contributed by atoms with van der Waals surface area (Å²) in [4.78, 5) is 23.8. The van der Waals surface area contributed by atoms with Gasteiger partial charge in [0.2, 0.25) is 5.91 Å². The fourth-order valence-corrected chi connectivity index (χ4v) is 3.16. The van der Waals surface area contributed by atoms with Gasteiger partial charge in [0.15, 0.2) is 6.61 Å². The number of amides is 2. The quantitative estimate of drug-likeness (QED) is 0.461. The highest BCUT2D eigenvalue weighted by Crippen LogP contribution is 2.31. The maximum Gasteiger partial charge on any atom is 0.276 e. The van der Waals surface area contributed by atoms with Crippen molar-refractivity contribution in [1.82, 2.24) is 10.9 Å². The van der Waals surface area contributed by atoms with Crippen LogP contribution in [-0.4, -0.2) is 18.4 Å². The predicted octanol–water partition coefficient (Wildman–Crippen LogP) is 4.20. The second-order valence-corrected chi connectivity index (χ2v) is 7.54. The zero-order valence-electron chi connectivity index (χ0n) is 14.9. The molecule has 0 heterocycles. The van der Waals surface area contributed by atoms with E-state index < -0.39 is 5.91 Å². The van der Waals surface area contributed by atoms with Gasteiger partial charge < -0.3 is 15.5 Å². The van der Waals surface area contributed by atoms with Crippen LogP contribution in [0, 0.1) is 12.7 Å². The largest absolute Gasteiger partial charge is 0.483 e. The average molecular weight is 515 g/mol. The fourth-order valence-electron chi connectivity index (χ4n) is 2.06. The van der Waals surface area contributed by atoms with Crippen LogP contribution >= 0.6 is 31.9 Å². The summed E-state index contributed by atoms with van der Waals surface area (Å²) in [6, 6.07) is 9.02. The maximum atomic E-state index is 12.8. The van der Waals surface area contributed by atoms with Crippen LogP contribution < -0.4 is 20.9 Å². The molecule has 0 aliphatic heterocycles. The summed E-state index contributed by atoms with van der Waals surface area (Å²) < 4.78 is 20.0. The van der Waals surface area contributed by atoms with Crippen LogP contribution in [0.1, 0.15) is 12.0 Å². The molecule has 0 aliphatic carbocycles. The average Bonchev–Trinajstić information content (AvgIpc) is 2.63. The first-order valence-corrected chi connectivity index (χ1v) is 9.69. The number of ether oxygens (including phenoxy) is 1. The molecule has 2 aromatic rings. The lowest BCUT2D eigenvalue weighted by Crippen LogP contribution is -2.40. The van der Waals surface area contributed by atoms with Gasteiger partial charge in [-0.05, 0) is 64.8 Å². The van der Waals surface area contributed by atoms with Gasteiger partial charge in [0.05, 0.1) is 10.9 Å². The van der Waals surface area contributed by atoms with Crippen molar-refractivity contribution in [3.05, 3.63) is 69.0 Å².